The normalized spacial score (nSPS) is 28.7. The van der Waals surface area contributed by atoms with Crippen LogP contribution in [0.5, 0.6) is 0 Å². The zero-order chi connectivity index (χ0) is 13.9. The molecular formula is C15H21NO3. The van der Waals surface area contributed by atoms with Crippen LogP contribution in [-0.4, -0.2) is 27.8 Å². The van der Waals surface area contributed by atoms with Gasteiger partial charge in [0.2, 0.25) is 0 Å². The van der Waals surface area contributed by atoms with E-state index >= 15 is 0 Å². The second kappa shape index (κ2) is 5.72. The molecule has 1 atom stereocenters. The quantitative estimate of drug-likeness (QED) is 0.774. The van der Waals surface area contributed by atoms with Gasteiger partial charge in [-0.05, 0) is 38.2 Å². The predicted molar refractivity (Wildman–Crippen MR) is 72.4 cm³/mol. The molecule has 1 saturated carbocycles. The van der Waals surface area contributed by atoms with E-state index in [1.54, 1.807) is 0 Å². The molecule has 1 aromatic rings. The fourth-order valence-electron chi connectivity index (χ4n) is 2.46. The number of hydrogen-bond acceptors (Lipinski definition) is 3. The number of nitrogens with one attached hydrogen (secondary N) is 1. The Labute approximate surface area is 113 Å². The van der Waals surface area contributed by atoms with Gasteiger partial charge in [-0.25, -0.2) is 0 Å². The summed E-state index contributed by atoms with van der Waals surface area (Å²) < 4.78 is 0. The molecule has 2 rings (SSSR count). The van der Waals surface area contributed by atoms with Crippen LogP contribution in [0, 0.1) is 0 Å². The highest BCUT2D eigenvalue weighted by Gasteiger charge is 2.39. The van der Waals surface area contributed by atoms with Gasteiger partial charge in [-0.15, -0.1) is 0 Å². The Morgan fingerprint density at radius 3 is 2.47 bits per heavy atom. The Bertz CT molecular complexity index is 424. The second-order valence-electron chi connectivity index (χ2n) is 5.37. The van der Waals surface area contributed by atoms with Crippen LogP contribution in [0.4, 0.5) is 0 Å². The van der Waals surface area contributed by atoms with E-state index in [2.05, 4.69) is 5.32 Å². The number of benzene rings is 1. The second-order valence-corrected chi connectivity index (χ2v) is 5.37. The first-order chi connectivity index (χ1) is 9.01. The van der Waals surface area contributed by atoms with E-state index in [-0.39, 0.29) is 18.1 Å². The largest absolute Gasteiger partial charge is 0.393 e. The fourth-order valence-corrected chi connectivity index (χ4v) is 2.46. The van der Waals surface area contributed by atoms with Gasteiger partial charge in [-0.3, -0.25) is 4.79 Å². The summed E-state index contributed by atoms with van der Waals surface area (Å²) in [6, 6.07) is 9.52. The van der Waals surface area contributed by atoms with Gasteiger partial charge in [-0.2, -0.15) is 0 Å². The van der Waals surface area contributed by atoms with Crippen LogP contribution < -0.4 is 5.32 Å². The zero-order valence-electron chi connectivity index (χ0n) is 11.2. The van der Waals surface area contributed by atoms with Gasteiger partial charge in [0.1, 0.15) is 5.60 Å². The van der Waals surface area contributed by atoms with E-state index in [9.17, 15) is 15.0 Å². The lowest BCUT2D eigenvalue weighted by Gasteiger charge is -2.33. The van der Waals surface area contributed by atoms with Crippen molar-refractivity contribution in [1.29, 1.82) is 0 Å². The maximum Gasteiger partial charge on any atom is 0.252 e. The van der Waals surface area contributed by atoms with Gasteiger partial charge < -0.3 is 15.5 Å². The molecule has 0 saturated heterocycles. The molecule has 0 unspecified atom stereocenters. The van der Waals surface area contributed by atoms with Crippen molar-refractivity contribution in [3.05, 3.63) is 35.9 Å². The lowest BCUT2D eigenvalue weighted by molar-refractivity contribution is -0.146. The Balaban J connectivity index is 1.97. The van der Waals surface area contributed by atoms with Gasteiger partial charge >= 0.3 is 0 Å². The molecule has 19 heavy (non-hydrogen) atoms. The molecule has 4 nitrogen and oxygen atoms in total. The molecule has 1 fully saturated rings. The van der Waals surface area contributed by atoms with Crippen LogP contribution in [0.25, 0.3) is 0 Å². The third kappa shape index (κ3) is 3.33. The molecule has 4 heteroatoms. The maximum absolute atomic E-state index is 12.2. The number of hydrogen-bond donors (Lipinski definition) is 3. The van der Waals surface area contributed by atoms with Crippen molar-refractivity contribution in [2.45, 2.75) is 50.4 Å². The van der Waals surface area contributed by atoms with E-state index in [0.29, 0.717) is 25.7 Å². The molecule has 1 amide bonds. The summed E-state index contributed by atoms with van der Waals surface area (Å²) in [5, 5.41) is 22.6. The molecule has 0 spiro atoms. The minimum absolute atomic E-state index is 0.135. The molecule has 1 aromatic carbocycles. The zero-order valence-corrected chi connectivity index (χ0v) is 11.2. The van der Waals surface area contributed by atoms with Gasteiger partial charge in [0.15, 0.2) is 0 Å². The number of aliphatic hydroxyl groups excluding tert-OH is 1. The summed E-state index contributed by atoms with van der Waals surface area (Å²) in [6.45, 7) is 1.90. The standard InChI is InChI=1S/C15H21NO3/c1-11(12-5-3-2-4-6-12)16-14(18)15(19)9-7-13(17)8-10-15/h2-6,11,13,17,19H,7-10H2,1H3,(H,16,18)/t11-,13?,15?/m1/s1. The lowest BCUT2D eigenvalue weighted by Crippen LogP contribution is -2.50. The number of amides is 1. The van der Waals surface area contributed by atoms with Crippen molar-refractivity contribution >= 4 is 5.91 Å². The summed E-state index contributed by atoms with van der Waals surface area (Å²) in [7, 11) is 0. The summed E-state index contributed by atoms with van der Waals surface area (Å²) in [4.78, 5) is 12.2. The van der Waals surface area contributed by atoms with Crippen molar-refractivity contribution in [3.63, 3.8) is 0 Å². The topological polar surface area (TPSA) is 69.6 Å². The lowest BCUT2D eigenvalue weighted by atomic mass is 9.82. The first-order valence-electron chi connectivity index (χ1n) is 6.77. The van der Waals surface area contributed by atoms with E-state index in [1.165, 1.54) is 0 Å². The van der Waals surface area contributed by atoms with Crippen molar-refractivity contribution in [2.24, 2.45) is 0 Å². The number of rotatable bonds is 3. The molecule has 1 aliphatic carbocycles. The van der Waals surface area contributed by atoms with Gasteiger partial charge in [0.05, 0.1) is 12.1 Å². The van der Waals surface area contributed by atoms with Gasteiger partial charge in [-0.1, -0.05) is 30.3 Å². The van der Waals surface area contributed by atoms with E-state index in [1.807, 2.05) is 37.3 Å². The van der Waals surface area contributed by atoms with Crippen LogP contribution in [0.1, 0.15) is 44.2 Å². The van der Waals surface area contributed by atoms with E-state index < -0.39 is 5.60 Å². The number of aliphatic hydroxyl groups is 2. The summed E-state index contributed by atoms with van der Waals surface area (Å²) in [6.07, 6.45) is 1.20. The monoisotopic (exact) mass is 263 g/mol. The number of carbonyl (C=O) groups is 1. The minimum Gasteiger partial charge on any atom is -0.393 e. The summed E-state index contributed by atoms with van der Waals surface area (Å²) >= 11 is 0. The number of carbonyl (C=O) groups excluding carboxylic acids is 1. The molecule has 0 heterocycles. The highest BCUT2D eigenvalue weighted by molar-refractivity contribution is 5.85. The molecule has 1 aliphatic rings. The predicted octanol–water partition coefficient (Wildman–Crippen LogP) is 1.53. The SMILES string of the molecule is C[C@@H](NC(=O)C1(O)CCC(O)CC1)c1ccccc1. The average Bonchev–Trinajstić information content (AvgIpc) is 2.43. The Kier molecular flexibility index (Phi) is 4.22. The Morgan fingerprint density at radius 2 is 1.89 bits per heavy atom. The molecule has 3 N–H and O–H groups in total. The Morgan fingerprint density at radius 1 is 1.32 bits per heavy atom. The molecule has 104 valence electrons. The van der Waals surface area contributed by atoms with Crippen LogP contribution >= 0.6 is 0 Å². The van der Waals surface area contributed by atoms with Crippen LogP contribution in [0.15, 0.2) is 30.3 Å². The summed E-state index contributed by atoms with van der Waals surface area (Å²) in [5.41, 5.74) is -0.322. The highest BCUT2D eigenvalue weighted by atomic mass is 16.3. The summed E-state index contributed by atoms with van der Waals surface area (Å²) in [5.74, 6) is -0.337. The average molecular weight is 263 g/mol. The van der Waals surface area contributed by atoms with Gasteiger partial charge in [0, 0.05) is 0 Å². The van der Waals surface area contributed by atoms with Crippen molar-refractivity contribution < 1.29 is 15.0 Å². The fraction of sp³-hybridized carbons (Fsp3) is 0.533. The van der Waals surface area contributed by atoms with E-state index in [0.717, 1.165) is 5.56 Å². The third-order valence-corrected chi connectivity index (χ3v) is 3.85. The third-order valence-electron chi connectivity index (χ3n) is 3.85. The first-order valence-corrected chi connectivity index (χ1v) is 6.77. The molecule has 0 bridgehead atoms. The first kappa shape index (κ1) is 14.0. The molecule has 0 radical (unpaired) electrons. The molecular weight excluding hydrogens is 242 g/mol. The van der Waals surface area contributed by atoms with Crippen molar-refractivity contribution in [1.82, 2.24) is 5.32 Å². The smallest absolute Gasteiger partial charge is 0.252 e. The minimum atomic E-state index is -1.33. The van der Waals surface area contributed by atoms with Crippen LogP contribution in [0.2, 0.25) is 0 Å². The van der Waals surface area contributed by atoms with Crippen LogP contribution in [-0.2, 0) is 4.79 Å². The molecule has 0 aliphatic heterocycles. The maximum atomic E-state index is 12.2. The van der Waals surface area contributed by atoms with E-state index in [4.69, 9.17) is 0 Å². The van der Waals surface area contributed by atoms with Crippen LogP contribution in [0.3, 0.4) is 0 Å². The highest BCUT2D eigenvalue weighted by Crippen LogP contribution is 2.29. The van der Waals surface area contributed by atoms with Crippen molar-refractivity contribution in [3.8, 4) is 0 Å². The van der Waals surface area contributed by atoms with Gasteiger partial charge in [0.25, 0.3) is 5.91 Å². The van der Waals surface area contributed by atoms with Crippen molar-refractivity contribution in [2.75, 3.05) is 0 Å². The Hall–Kier alpha value is -1.39. The molecule has 0 aromatic heterocycles.